The standard InChI is InChI=1S/C21H31N3O2/c1-14-6-4-7-16(12-14)26-15(2)13-23-20(22-3)24-18-17-8-11-25-19(17)21(18)9-5-10-21/h4,6-7,12,15,17-19H,5,8-11,13H2,1-3H3,(H2,22,23,24). The first-order valence-corrected chi connectivity index (χ1v) is 9.94. The number of nitrogens with one attached hydrogen (secondary N) is 2. The smallest absolute Gasteiger partial charge is 0.191 e. The third kappa shape index (κ3) is 3.07. The summed E-state index contributed by atoms with van der Waals surface area (Å²) >= 11 is 0. The summed E-state index contributed by atoms with van der Waals surface area (Å²) in [5, 5.41) is 7.14. The van der Waals surface area contributed by atoms with Crippen molar-refractivity contribution in [1.82, 2.24) is 10.6 Å². The van der Waals surface area contributed by atoms with E-state index in [0.717, 1.165) is 24.9 Å². The van der Waals surface area contributed by atoms with Crippen molar-refractivity contribution in [1.29, 1.82) is 0 Å². The Morgan fingerprint density at radius 1 is 1.42 bits per heavy atom. The van der Waals surface area contributed by atoms with E-state index in [4.69, 9.17) is 9.47 Å². The molecule has 4 rings (SSSR count). The van der Waals surface area contributed by atoms with Crippen molar-refractivity contribution < 1.29 is 9.47 Å². The van der Waals surface area contributed by atoms with E-state index in [2.05, 4.69) is 41.6 Å². The van der Waals surface area contributed by atoms with Gasteiger partial charge in [0.1, 0.15) is 11.9 Å². The number of rotatable bonds is 5. The first-order chi connectivity index (χ1) is 12.6. The van der Waals surface area contributed by atoms with E-state index in [9.17, 15) is 0 Å². The van der Waals surface area contributed by atoms with Gasteiger partial charge >= 0.3 is 0 Å². The van der Waals surface area contributed by atoms with Crippen molar-refractivity contribution in [2.75, 3.05) is 20.2 Å². The molecule has 1 aromatic rings. The normalized spacial score (nSPS) is 30.1. The third-order valence-corrected chi connectivity index (χ3v) is 6.44. The van der Waals surface area contributed by atoms with Gasteiger partial charge in [0.05, 0.1) is 12.6 Å². The van der Waals surface area contributed by atoms with Gasteiger partial charge in [-0.15, -0.1) is 0 Å². The molecule has 2 saturated carbocycles. The summed E-state index contributed by atoms with van der Waals surface area (Å²) in [5.74, 6) is 2.45. The molecule has 2 N–H and O–H groups in total. The summed E-state index contributed by atoms with van der Waals surface area (Å²) in [6.07, 6.45) is 5.63. The molecule has 142 valence electrons. The lowest BCUT2D eigenvalue weighted by Crippen LogP contribution is -2.72. The zero-order valence-electron chi connectivity index (χ0n) is 16.1. The van der Waals surface area contributed by atoms with Crippen molar-refractivity contribution in [2.24, 2.45) is 16.3 Å². The van der Waals surface area contributed by atoms with Crippen LogP contribution in [0.25, 0.3) is 0 Å². The van der Waals surface area contributed by atoms with Crippen molar-refractivity contribution >= 4 is 5.96 Å². The molecule has 4 atom stereocenters. The Bertz CT molecular complexity index is 671. The van der Waals surface area contributed by atoms with Gasteiger partial charge in [-0.1, -0.05) is 18.6 Å². The molecular formula is C21H31N3O2. The zero-order chi connectivity index (χ0) is 18.1. The van der Waals surface area contributed by atoms with Gasteiger partial charge in [0, 0.05) is 31.0 Å². The molecule has 0 amide bonds. The Morgan fingerprint density at radius 3 is 2.96 bits per heavy atom. The number of hydrogen-bond donors (Lipinski definition) is 2. The first kappa shape index (κ1) is 17.7. The summed E-state index contributed by atoms with van der Waals surface area (Å²) in [4.78, 5) is 4.44. The Balaban J connectivity index is 1.30. The van der Waals surface area contributed by atoms with Crippen LogP contribution in [0.5, 0.6) is 5.75 Å². The van der Waals surface area contributed by atoms with Crippen molar-refractivity contribution in [3.8, 4) is 5.75 Å². The van der Waals surface area contributed by atoms with Crippen LogP contribution in [0.1, 0.15) is 38.2 Å². The minimum absolute atomic E-state index is 0.0666. The molecule has 26 heavy (non-hydrogen) atoms. The summed E-state index contributed by atoms with van der Waals surface area (Å²) in [6.45, 7) is 5.80. The third-order valence-electron chi connectivity index (χ3n) is 6.44. The maximum atomic E-state index is 6.01. The Hall–Kier alpha value is -1.75. The first-order valence-electron chi connectivity index (χ1n) is 9.94. The lowest BCUT2D eigenvalue weighted by atomic mass is 9.46. The predicted molar refractivity (Wildman–Crippen MR) is 104 cm³/mol. The van der Waals surface area contributed by atoms with Gasteiger partial charge in [-0.3, -0.25) is 4.99 Å². The van der Waals surface area contributed by atoms with Gasteiger partial charge in [-0.2, -0.15) is 0 Å². The minimum atomic E-state index is 0.0666. The van der Waals surface area contributed by atoms with Crippen LogP contribution in [0, 0.1) is 18.3 Å². The number of ether oxygens (including phenoxy) is 2. The van der Waals surface area contributed by atoms with Gasteiger partial charge in [-0.05, 0) is 50.8 Å². The van der Waals surface area contributed by atoms with E-state index in [-0.39, 0.29) is 6.10 Å². The lowest BCUT2D eigenvalue weighted by molar-refractivity contribution is -0.171. The molecule has 1 heterocycles. The van der Waals surface area contributed by atoms with Crippen LogP contribution in [0.2, 0.25) is 0 Å². The molecule has 1 saturated heterocycles. The molecule has 1 aromatic carbocycles. The second-order valence-electron chi connectivity index (χ2n) is 8.15. The number of fused-ring (bicyclic) bond motifs is 2. The van der Waals surface area contributed by atoms with Gasteiger partial charge in [0.15, 0.2) is 5.96 Å². The second-order valence-corrected chi connectivity index (χ2v) is 8.15. The topological polar surface area (TPSA) is 54.9 Å². The number of guanidine groups is 1. The molecular weight excluding hydrogens is 326 g/mol. The zero-order valence-corrected chi connectivity index (χ0v) is 16.1. The molecule has 5 heteroatoms. The summed E-state index contributed by atoms with van der Waals surface area (Å²) in [5.41, 5.74) is 1.58. The Labute approximate surface area is 156 Å². The summed E-state index contributed by atoms with van der Waals surface area (Å²) in [7, 11) is 1.84. The van der Waals surface area contributed by atoms with Gasteiger partial charge in [-0.25, -0.2) is 0 Å². The van der Waals surface area contributed by atoms with E-state index in [1.54, 1.807) is 0 Å². The molecule has 3 aliphatic rings. The highest BCUT2D eigenvalue weighted by Gasteiger charge is 2.66. The number of benzene rings is 1. The van der Waals surface area contributed by atoms with Crippen LogP contribution in [0.4, 0.5) is 0 Å². The minimum Gasteiger partial charge on any atom is -0.489 e. The van der Waals surface area contributed by atoms with Crippen LogP contribution in [0.15, 0.2) is 29.3 Å². The lowest BCUT2D eigenvalue weighted by Gasteiger charge is -2.63. The number of aliphatic imine (C=N–C) groups is 1. The SMILES string of the molecule is CN=C(NCC(C)Oc1cccc(C)c1)NC1C2CCOC2C12CCC2. The van der Waals surface area contributed by atoms with Crippen LogP contribution >= 0.6 is 0 Å². The van der Waals surface area contributed by atoms with Crippen molar-refractivity contribution in [2.45, 2.75) is 57.8 Å². The van der Waals surface area contributed by atoms with E-state index in [1.165, 1.54) is 31.2 Å². The molecule has 0 bridgehead atoms. The highest BCUT2D eigenvalue weighted by Crippen LogP contribution is 2.62. The predicted octanol–water partition coefficient (Wildman–Crippen LogP) is 2.88. The average molecular weight is 357 g/mol. The van der Waals surface area contributed by atoms with E-state index < -0.39 is 0 Å². The molecule has 0 aromatic heterocycles. The van der Waals surface area contributed by atoms with Crippen LogP contribution in [0.3, 0.4) is 0 Å². The fourth-order valence-electron chi connectivity index (χ4n) is 5.00. The van der Waals surface area contributed by atoms with E-state index >= 15 is 0 Å². The van der Waals surface area contributed by atoms with Crippen LogP contribution < -0.4 is 15.4 Å². The molecule has 0 radical (unpaired) electrons. The number of nitrogens with zero attached hydrogens (tertiary/aromatic N) is 1. The Kier molecular flexibility index (Phi) is 4.82. The fraction of sp³-hybridized carbons (Fsp3) is 0.667. The van der Waals surface area contributed by atoms with Crippen LogP contribution in [-0.2, 0) is 4.74 Å². The van der Waals surface area contributed by atoms with Gasteiger partial charge < -0.3 is 20.1 Å². The summed E-state index contributed by atoms with van der Waals surface area (Å²) in [6, 6.07) is 8.68. The van der Waals surface area contributed by atoms with Crippen molar-refractivity contribution in [3.63, 3.8) is 0 Å². The van der Waals surface area contributed by atoms with Gasteiger partial charge in [0.25, 0.3) is 0 Å². The molecule has 3 fully saturated rings. The highest BCUT2D eigenvalue weighted by atomic mass is 16.5. The second kappa shape index (κ2) is 7.10. The largest absolute Gasteiger partial charge is 0.489 e. The molecule has 5 nitrogen and oxygen atoms in total. The average Bonchev–Trinajstić information content (AvgIpc) is 2.99. The van der Waals surface area contributed by atoms with E-state index in [1.807, 2.05) is 19.2 Å². The quantitative estimate of drug-likeness (QED) is 0.628. The van der Waals surface area contributed by atoms with Gasteiger partial charge in [0.2, 0.25) is 0 Å². The summed E-state index contributed by atoms with van der Waals surface area (Å²) < 4.78 is 12.0. The monoisotopic (exact) mass is 357 g/mol. The molecule has 1 spiro atoms. The fourth-order valence-corrected chi connectivity index (χ4v) is 5.00. The maximum absolute atomic E-state index is 6.01. The molecule has 1 aliphatic heterocycles. The maximum Gasteiger partial charge on any atom is 0.191 e. The van der Waals surface area contributed by atoms with E-state index in [0.29, 0.717) is 23.5 Å². The molecule has 4 unspecified atom stereocenters. The Morgan fingerprint density at radius 2 is 2.27 bits per heavy atom. The van der Waals surface area contributed by atoms with Crippen LogP contribution in [-0.4, -0.2) is 44.4 Å². The number of hydrogen-bond acceptors (Lipinski definition) is 3. The highest BCUT2D eigenvalue weighted by molar-refractivity contribution is 5.80. The molecule has 2 aliphatic carbocycles. The number of aryl methyl sites for hydroxylation is 1. The van der Waals surface area contributed by atoms with Crippen molar-refractivity contribution in [3.05, 3.63) is 29.8 Å².